The number of hydrogen-bond donors (Lipinski definition) is 6. The topological polar surface area (TPSA) is 399 Å². The number of rotatable bonds is 22. The lowest BCUT2D eigenvalue weighted by molar-refractivity contribution is -0.434. The lowest BCUT2D eigenvalue weighted by Gasteiger charge is -2.10. The first kappa shape index (κ1) is 48.1. The van der Waals surface area contributed by atoms with Crippen LogP contribution in [0.4, 0.5) is 45.5 Å². The molecule has 324 valence electrons. The molecule has 0 spiro atoms. The van der Waals surface area contributed by atoms with E-state index in [0.29, 0.717) is 12.0 Å². The zero-order valence-electron chi connectivity index (χ0n) is 29.5. The van der Waals surface area contributed by atoms with Gasteiger partial charge in [0.05, 0.1) is 69.3 Å². The van der Waals surface area contributed by atoms with E-state index >= 15 is 0 Å². The average Bonchev–Trinajstić information content (AvgIpc) is 3.18. The van der Waals surface area contributed by atoms with Gasteiger partial charge in [-0.2, -0.15) is 27.1 Å². The van der Waals surface area contributed by atoms with Gasteiger partial charge in [-0.05, 0) is 72.8 Å². The molecule has 60 heavy (non-hydrogen) atoms. The number of hydrogen-bond acceptors (Lipinski definition) is 26. The molecule has 0 saturated carbocycles. The van der Waals surface area contributed by atoms with Gasteiger partial charge in [-0.1, -0.05) is 10.1 Å². The van der Waals surface area contributed by atoms with Crippen molar-refractivity contribution in [3.05, 3.63) is 72.8 Å². The van der Waals surface area contributed by atoms with Crippen LogP contribution in [0.1, 0.15) is 0 Å². The monoisotopic (exact) mass is 956 g/mol. The maximum atomic E-state index is 12.6. The molecule has 0 aliphatic rings. The lowest BCUT2D eigenvalue weighted by Crippen LogP contribution is -2.15. The van der Waals surface area contributed by atoms with Crippen LogP contribution in [0.2, 0.25) is 0 Å². The number of azo groups is 3. The Labute approximate surface area is 348 Å². The van der Waals surface area contributed by atoms with Gasteiger partial charge in [0.2, 0.25) is 0 Å². The van der Waals surface area contributed by atoms with Crippen molar-refractivity contribution in [3.8, 4) is 0 Å². The summed E-state index contributed by atoms with van der Waals surface area (Å²) in [5.41, 5.74) is 11.2. The van der Waals surface area contributed by atoms with Crippen molar-refractivity contribution >= 4 is 110 Å². The minimum Gasteiger partial charge on any atom is -0.395 e. The van der Waals surface area contributed by atoms with Crippen LogP contribution in [-0.4, -0.2) is 78.0 Å². The molecule has 0 aliphatic carbocycles. The van der Waals surface area contributed by atoms with Crippen LogP contribution in [0.15, 0.2) is 123 Å². The highest BCUT2D eigenvalue weighted by molar-refractivity contribution is 7.94. The standard InChI is InChI=1S/C28H28N8O18S6/c29-26-23(34-31-17-1-6-20(7-2-17)57(39,40)13-11-49-56-54-52-38)16-24(35-33-22-15-19(55-53-51-37)5-10-25(22)59(43,44)45)27(30)28(26)36-32-18-3-8-21(9-4-18)58(41,42)14-12-50-60(46,47)48/h1-10,15-16,37-38H,11-14,29-30H2,(H,43,44,45)(H,46,47,48). The first-order valence-corrected chi connectivity index (χ1v) is 23.0. The summed E-state index contributed by atoms with van der Waals surface area (Å²) in [7, 11) is -17.7. The fourth-order valence-electron chi connectivity index (χ4n) is 4.31. The fourth-order valence-corrected chi connectivity index (χ4v) is 8.20. The van der Waals surface area contributed by atoms with Crippen LogP contribution in [-0.2, 0) is 67.3 Å². The highest BCUT2D eigenvalue weighted by Crippen LogP contribution is 2.46. The van der Waals surface area contributed by atoms with Crippen LogP contribution in [0.25, 0.3) is 0 Å². The van der Waals surface area contributed by atoms with E-state index in [9.17, 15) is 38.2 Å². The van der Waals surface area contributed by atoms with Crippen LogP contribution >= 0.6 is 24.4 Å². The third-order valence-corrected chi connectivity index (χ3v) is 12.7. The second kappa shape index (κ2) is 21.3. The molecule has 0 saturated heterocycles. The van der Waals surface area contributed by atoms with Crippen LogP contribution in [0.5, 0.6) is 0 Å². The summed E-state index contributed by atoms with van der Waals surface area (Å²) in [6, 6.07) is 14.2. The van der Waals surface area contributed by atoms with E-state index in [1.165, 1.54) is 48.5 Å². The van der Waals surface area contributed by atoms with Gasteiger partial charge in [0.25, 0.3) is 10.1 Å². The maximum Gasteiger partial charge on any atom is 0.397 e. The average molecular weight is 957 g/mol. The van der Waals surface area contributed by atoms with Crippen molar-refractivity contribution in [1.82, 2.24) is 0 Å². The Kier molecular flexibility index (Phi) is 17.0. The summed E-state index contributed by atoms with van der Waals surface area (Å²) >= 11 is 0.646. The zero-order valence-corrected chi connectivity index (χ0v) is 34.4. The van der Waals surface area contributed by atoms with Crippen molar-refractivity contribution in [2.24, 2.45) is 30.7 Å². The largest absolute Gasteiger partial charge is 0.397 e. The highest BCUT2D eigenvalue weighted by atomic mass is 32.3. The van der Waals surface area contributed by atoms with Crippen molar-refractivity contribution in [2.75, 3.05) is 36.2 Å². The van der Waals surface area contributed by atoms with Crippen molar-refractivity contribution in [3.63, 3.8) is 0 Å². The molecule has 0 atom stereocenters. The Balaban J connectivity index is 1.72. The molecular weight excluding hydrogens is 929 g/mol. The molecule has 0 bridgehead atoms. The smallest absolute Gasteiger partial charge is 0.395 e. The van der Waals surface area contributed by atoms with Gasteiger partial charge in [-0.3, -0.25) is 13.3 Å². The van der Waals surface area contributed by atoms with Gasteiger partial charge in [-0.15, -0.1) is 29.1 Å². The Hall–Kier alpha value is -4.62. The summed E-state index contributed by atoms with van der Waals surface area (Å²) < 4.78 is 132. The summed E-state index contributed by atoms with van der Waals surface area (Å²) in [4.78, 5) is -0.942. The summed E-state index contributed by atoms with van der Waals surface area (Å²) in [6.07, 6.45) is 0. The minimum atomic E-state index is -4.87. The number of benzene rings is 4. The molecule has 8 N–H and O–H groups in total. The molecule has 0 heterocycles. The predicted molar refractivity (Wildman–Crippen MR) is 208 cm³/mol. The molecule has 4 aromatic carbocycles. The van der Waals surface area contributed by atoms with E-state index in [4.69, 9.17) is 30.7 Å². The molecule has 0 aromatic heterocycles. The van der Waals surface area contributed by atoms with E-state index < -0.39 is 68.9 Å². The summed E-state index contributed by atoms with van der Waals surface area (Å²) in [5, 5.41) is 47.6. The van der Waals surface area contributed by atoms with Crippen LogP contribution in [0.3, 0.4) is 0 Å². The SMILES string of the molecule is Nc1c(N=Nc2ccc(S(=O)(=O)CCOSOOO)cc2)cc(N=Nc2cc(SOOO)ccc2S(=O)(=O)O)c(N)c1N=Nc1ccc(S(=O)(=O)CCOS(=O)(=O)O)cc1. The number of sulfone groups is 2. The van der Waals surface area contributed by atoms with Crippen molar-refractivity contribution in [1.29, 1.82) is 0 Å². The quantitative estimate of drug-likeness (QED) is 0.00979. The molecular formula is C28H28N8O18S6. The Morgan fingerprint density at radius 3 is 1.60 bits per heavy atom. The highest BCUT2D eigenvalue weighted by Gasteiger charge is 2.20. The third-order valence-electron chi connectivity index (χ3n) is 7.03. The van der Waals surface area contributed by atoms with Gasteiger partial charge < -0.3 is 11.5 Å². The summed E-state index contributed by atoms with van der Waals surface area (Å²) in [5.74, 6) is -1.26. The zero-order chi connectivity index (χ0) is 44.1. The van der Waals surface area contributed by atoms with E-state index in [1.54, 1.807) is 0 Å². The Bertz CT molecular complexity index is 2690. The van der Waals surface area contributed by atoms with E-state index in [0.717, 1.165) is 24.3 Å². The fraction of sp³-hybridized carbons (Fsp3) is 0.143. The van der Waals surface area contributed by atoms with Gasteiger partial charge in [-0.25, -0.2) is 31.5 Å². The molecule has 32 heteroatoms. The van der Waals surface area contributed by atoms with Crippen molar-refractivity contribution in [2.45, 2.75) is 19.6 Å². The minimum absolute atomic E-state index is 0.0474. The van der Waals surface area contributed by atoms with E-state index in [-0.39, 0.29) is 73.4 Å². The number of nitrogens with zero attached hydrogens (tertiary/aromatic N) is 6. The Morgan fingerprint density at radius 2 is 1.08 bits per heavy atom. The maximum absolute atomic E-state index is 12.6. The normalized spacial score (nSPS) is 12.9. The van der Waals surface area contributed by atoms with E-state index in [1.807, 2.05) is 0 Å². The first-order valence-electron chi connectivity index (χ1n) is 15.5. The molecule has 0 amide bonds. The molecule has 4 rings (SSSR count). The van der Waals surface area contributed by atoms with Crippen LogP contribution < -0.4 is 11.5 Å². The molecule has 26 nitrogen and oxygen atoms in total. The predicted octanol–water partition coefficient (Wildman–Crippen LogP) is 6.14. The third kappa shape index (κ3) is 14.2. The van der Waals surface area contributed by atoms with Gasteiger partial charge in [0.1, 0.15) is 27.6 Å². The molecule has 0 unspecified atom stereocenters. The molecule has 0 radical (unpaired) electrons. The number of nitrogens with two attached hydrogens (primary N) is 2. The summed E-state index contributed by atoms with van der Waals surface area (Å²) in [6.45, 7) is -1.18. The Morgan fingerprint density at radius 1 is 0.583 bits per heavy atom. The van der Waals surface area contributed by atoms with Gasteiger partial charge in [0, 0.05) is 4.90 Å². The number of anilines is 2. The second-order valence-corrected chi connectivity index (χ2v) is 18.9. The first-order chi connectivity index (χ1) is 28.2. The molecule has 0 aliphatic heterocycles. The van der Waals surface area contributed by atoms with Crippen LogP contribution in [0, 0.1) is 0 Å². The molecule has 4 aromatic rings. The van der Waals surface area contributed by atoms with Crippen molar-refractivity contribution < 1.29 is 80.4 Å². The lowest BCUT2D eigenvalue weighted by atomic mass is 10.2. The number of nitrogen functional groups attached to an aromatic ring is 2. The van der Waals surface area contributed by atoms with Gasteiger partial charge in [0.15, 0.2) is 32.0 Å². The molecule has 0 fully saturated rings. The van der Waals surface area contributed by atoms with Gasteiger partial charge >= 0.3 is 10.4 Å². The van der Waals surface area contributed by atoms with E-state index in [2.05, 4.69) is 53.6 Å². The second-order valence-electron chi connectivity index (χ2n) is 10.9.